The van der Waals surface area contributed by atoms with E-state index in [1.807, 2.05) is 0 Å². The van der Waals surface area contributed by atoms with Gasteiger partial charge in [-0.25, -0.2) is 18.4 Å². The quantitative estimate of drug-likeness (QED) is 0.752. The van der Waals surface area contributed by atoms with Crippen LogP contribution in [0.25, 0.3) is 0 Å². The summed E-state index contributed by atoms with van der Waals surface area (Å²) in [4.78, 5) is 5.00. The summed E-state index contributed by atoms with van der Waals surface area (Å²) in [6.45, 7) is -0.209. The van der Waals surface area contributed by atoms with Crippen LogP contribution in [0.2, 0.25) is 0 Å². The molecule has 2 heterocycles. The van der Waals surface area contributed by atoms with Crippen molar-refractivity contribution in [3.8, 4) is 0 Å². The van der Waals surface area contributed by atoms with Crippen LogP contribution in [0.4, 0.5) is 8.78 Å². The Labute approximate surface area is 123 Å². The van der Waals surface area contributed by atoms with Crippen LogP contribution in [0.15, 0.2) is 43.2 Å². The van der Waals surface area contributed by atoms with E-state index in [1.165, 1.54) is 40.6 Å². The molecule has 1 aromatic carbocycles. The smallest absolute Gasteiger partial charge is 0.137 e. The summed E-state index contributed by atoms with van der Waals surface area (Å²) in [6, 6.07) is 3.00. The summed E-state index contributed by atoms with van der Waals surface area (Å²) >= 11 is 0. The highest BCUT2D eigenvalue weighted by Crippen LogP contribution is 2.28. The van der Waals surface area contributed by atoms with Gasteiger partial charge in [0.25, 0.3) is 0 Å². The fourth-order valence-electron chi connectivity index (χ4n) is 2.23. The second kappa shape index (κ2) is 5.60. The van der Waals surface area contributed by atoms with Crippen molar-refractivity contribution in [1.29, 1.82) is 0 Å². The molecule has 0 aliphatic heterocycles. The van der Waals surface area contributed by atoms with Gasteiger partial charge in [-0.3, -0.25) is 0 Å². The molecular weight excluding hydrogens is 294 g/mol. The molecule has 0 bridgehead atoms. The molecule has 0 radical (unpaired) electrons. The molecule has 0 amide bonds. The third-order valence-electron chi connectivity index (χ3n) is 3.19. The van der Waals surface area contributed by atoms with Gasteiger partial charge >= 0.3 is 0 Å². The molecule has 0 saturated heterocycles. The number of aromatic nitrogens is 6. The molecule has 3 aromatic rings. The maximum atomic E-state index is 14.1. The first-order chi connectivity index (χ1) is 10.6. The lowest BCUT2D eigenvalue weighted by Crippen LogP contribution is -2.38. The lowest BCUT2D eigenvalue weighted by Gasteiger charge is -2.28. The fourth-order valence-corrected chi connectivity index (χ4v) is 2.23. The molecule has 114 valence electrons. The second-order valence-electron chi connectivity index (χ2n) is 4.81. The van der Waals surface area contributed by atoms with Gasteiger partial charge in [-0.15, -0.1) is 0 Å². The van der Waals surface area contributed by atoms with Crippen molar-refractivity contribution in [1.82, 2.24) is 29.8 Å². The molecule has 1 unspecified atom stereocenters. The number of aliphatic hydroxyl groups is 1. The average Bonchev–Trinajstić information content (AvgIpc) is 3.12. The molecule has 7 nitrogen and oxygen atoms in total. The largest absolute Gasteiger partial charge is 0.381 e. The van der Waals surface area contributed by atoms with Gasteiger partial charge in [-0.2, -0.15) is 20.1 Å². The Kier molecular flexibility index (Phi) is 3.63. The Hall–Kier alpha value is -2.68. The van der Waals surface area contributed by atoms with E-state index in [0.717, 1.165) is 12.1 Å². The summed E-state index contributed by atoms with van der Waals surface area (Å²) in [5, 5.41) is 22.7. The molecule has 2 aromatic heterocycles. The van der Waals surface area contributed by atoms with Crippen LogP contribution in [0.3, 0.4) is 0 Å². The monoisotopic (exact) mass is 306 g/mol. The normalized spacial score (nSPS) is 14.0. The van der Waals surface area contributed by atoms with Crippen molar-refractivity contribution in [3.05, 3.63) is 60.4 Å². The molecule has 22 heavy (non-hydrogen) atoms. The van der Waals surface area contributed by atoms with Crippen LogP contribution < -0.4 is 0 Å². The van der Waals surface area contributed by atoms with E-state index in [0.29, 0.717) is 0 Å². The summed E-state index contributed by atoms with van der Waals surface area (Å²) in [6.07, 6.45) is 5.57. The first-order valence-electron chi connectivity index (χ1n) is 6.41. The van der Waals surface area contributed by atoms with Gasteiger partial charge in [0.15, 0.2) is 0 Å². The minimum atomic E-state index is -1.72. The van der Waals surface area contributed by atoms with Crippen molar-refractivity contribution in [3.63, 3.8) is 0 Å². The minimum Gasteiger partial charge on any atom is -0.381 e. The van der Waals surface area contributed by atoms with Gasteiger partial charge in [0, 0.05) is 11.6 Å². The standard InChI is InChI=1S/C13H12F2N6O/c14-10-1-2-11(12(15)5-10)13(22,6-20-9-16-8-19-20)7-21-17-3-4-18-21/h1-5,8-9,22H,6-7H2. The third-order valence-corrected chi connectivity index (χ3v) is 3.19. The highest BCUT2D eigenvalue weighted by atomic mass is 19.1. The molecule has 0 fully saturated rings. The molecule has 3 rings (SSSR count). The van der Waals surface area contributed by atoms with Gasteiger partial charge in [0.05, 0.1) is 25.5 Å². The number of nitrogens with zero attached hydrogens (tertiary/aromatic N) is 6. The van der Waals surface area contributed by atoms with Crippen LogP contribution in [-0.4, -0.2) is 34.9 Å². The number of rotatable bonds is 5. The summed E-state index contributed by atoms with van der Waals surface area (Å²) in [5.41, 5.74) is -1.79. The summed E-state index contributed by atoms with van der Waals surface area (Å²) in [5.74, 6) is -1.57. The zero-order chi connectivity index (χ0) is 15.6. The van der Waals surface area contributed by atoms with Crippen LogP contribution >= 0.6 is 0 Å². The van der Waals surface area contributed by atoms with Crippen LogP contribution in [0.1, 0.15) is 5.56 Å². The Morgan fingerprint density at radius 1 is 1.09 bits per heavy atom. The highest BCUT2D eigenvalue weighted by molar-refractivity contribution is 5.25. The van der Waals surface area contributed by atoms with Crippen molar-refractivity contribution in [2.45, 2.75) is 18.7 Å². The maximum Gasteiger partial charge on any atom is 0.137 e. The van der Waals surface area contributed by atoms with Crippen molar-refractivity contribution < 1.29 is 13.9 Å². The van der Waals surface area contributed by atoms with Gasteiger partial charge in [-0.05, 0) is 6.07 Å². The lowest BCUT2D eigenvalue weighted by atomic mass is 9.93. The van der Waals surface area contributed by atoms with Gasteiger partial charge in [0.2, 0.25) is 0 Å². The van der Waals surface area contributed by atoms with Gasteiger partial charge in [-0.1, -0.05) is 6.07 Å². The predicted octanol–water partition coefficient (Wildman–Crippen LogP) is 0.736. The molecule has 1 atom stereocenters. The predicted molar refractivity (Wildman–Crippen MR) is 70.3 cm³/mol. The van der Waals surface area contributed by atoms with Crippen LogP contribution in [0.5, 0.6) is 0 Å². The van der Waals surface area contributed by atoms with E-state index in [2.05, 4.69) is 20.3 Å². The molecular formula is C13H12F2N6O. The van der Waals surface area contributed by atoms with Crippen molar-refractivity contribution in [2.24, 2.45) is 0 Å². The number of hydrogen-bond donors (Lipinski definition) is 1. The highest BCUT2D eigenvalue weighted by Gasteiger charge is 2.34. The van der Waals surface area contributed by atoms with Gasteiger partial charge in [0.1, 0.15) is 29.9 Å². The average molecular weight is 306 g/mol. The first kappa shape index (κ1) is 14.3. The second-order valence-corrected chi connectivity index (χ2v) is 4.81. The molecule has 1 N–H and O–H groups in total. The number of benzene rings is 1. The van der Waals surface area contributed by atoms with Crippen LogP contribution in [-0.2, 0) is 18.7 Å². The number of halogens is 2. The van der Waals surface area contributed by atoms with E-state index in [4.69, 9.17) is 0 Å². The Morgan fingerprint density at radius 2 is 1.86 bits per heavy atom. The molecule has 9 heteroatoms. The van der Waals surface area contributed by atoms with E-state index in [-0.39, 0.29) is 18.7 Å². The Bertz CT molecular complexity index is 708. The zero-order valence-corrected chi connectivity index (χ0v) is 11.3. The topological polar surface area (TPSA) is 81.6 Å². The van der Waals surface area contributed by atoms with Crippen LogP contribution in [0, 0.1) is 11.6 Å². The minimum absolute atomic E-state index is 0.0679. The molecule has 0 saturated carbocycles. The number of hydrogen-bond acceptors (Lipinski definition) is 5. The first-order valence-corrected chi connectivity index (χ1v) is 6.41. The van der Waals surface area contributed by atoms with Crippen molar-refractivity contribution in [2.75, 3.05) is 0 Å². The Morgan fingerprint density at radius 3 is 2.50 bits per heavy atom. The molecule has 0 spiro atoms. The SMILES string of the molecule is OC(Cn1cncn1)(Cn1nccn1)c1ccc(F)cc1F. The van der Waals surface area contributed by atoms with E-state index >= 15 is 0 Å². The summed E-state index contributed by atoms with van der Waals surface area (Å²) < 4.78 is 28.6. The fraction of sp³-hybridized carbons (Fsp3) is 0.231. The maximum absolute atomic E-state index is 14.1. The van der Waals surface area contributed by atoms with Gasteiger partial charge < -0.3 is 5.11 Å². The summed E-state index contributed by atoms with van der Waals surface area (Å²) in [7, 11) is 0. The third kappa shape index (κ3) is 2.84. The van der Waals surface area contributed by atoms with Crippen molar-refractivity contribution >= 4 is 0 Å². The molecule has 0 aliphatic carbocycles. The Balaban J connectivity index is 2.01. The van der Waals surface area contributed by atoms with E-state index in [1.54, 1.807) is 0 Å². The zero-order valence-electron chi connectivity index (χ0n) is 11.3. The van der Waals surface area contributed by atoms with E-state index < -0.39 is 17.2 Å². The van der Waals surface area contributed by atoms with E-state index in [9.17, 15) is 13.9 Å². The molecule has 0 aliphatic rings. The lowest BCUT2D eigenvalue weighted by molar-refractivity contribution is -0.0121.